The molecule has 136 valence electrons. The Kier molecular flexibility index (Phi) is 3.93. The minimum absolute atomic E-state index is 0.145. The maximum Gasteiger partial charge on any atom is 0.432 e. The molecule has 1 amide bonds. The molecular weight excluding hydrogens is 347 g/mol. The second-order valence-electron chi connectivity index (χ2n) is 6.40. The van der Waals surface area contributed by atoms with Gasteiger partial charge in [0.1, 0.15) is 11.5 Å². The maximum atomic E-state index is 12.8. The van der Waals surface area contributed by atoms with E-state index in [1.54, 1.807) is 29.4 Å². The van der Waals surface area contributed by atoms with Crippen molar-refractivity contribution in [2.45, 2.75) is 24.9 Å². The van der Waals surface area contributed by atoms with Crippen molar-refractivity contribution in [2.75, 3.05) is 13.1 Å². The predicted molar refractivity (Wildman–Crippen MR) is 87.6 cm³/mol. The predicted octanol–water partition coefficient (Wildman–Crippen LogP) is 3.32. The van der Waals surface area contributed by atoms with Gasteiger partial charge in [0.05, 0.1) is 23.6 Å². The van der Waals surface area contributed by atoms with Crippen LogP contribution in [0.1, 0.15) is 40.6 Å². The average Bonchev–Trinajstić information content (AvgIpc) is 3.29. The summed E-state index contributed by atoms with van der Waals surface area (Å²) in [5.74, 6) is -0.104. The zero-order valence-corrected chi connectivity index (χ0v) is 13.7. The maximum absolute atomic E-state index is 12.8. The van der Waals surface area contributed by atoms with Crippen LogP contribution in [0.2, 0.25) is 0 Å². The zero-order valence-electron chi connectivity index (χ0n) is 13.7. The lowest BCUT2D eigenvalue weighted by Crippen LogP contribution is -2.39. The fourth-order valence-corrected chi connectivity index (χ4v) is 3.32. The summed E-state index contributed by atoms with van der Waals surface area (Å²) in [6.07, 6.45) is -0.679. The lowest BCUT2D eigenvalue weighted by molar-refractivity contribution is -0.141. The van der Waals surface area contributed by atoms with Crippen LogP contribution in [0, 0.1) is 0 Å². The van der Waals surface area contributed by atoms with Crippen LogP contribution in [0.3, 0.4) is 0 Å². The molecule has 1 unspecified atom stereocenters. The van der Waals surface area contributed by atoms with Gasteiger partial charge in [-0.05, 0) is 31.0 Å². The normalized spacial score (nSPS) is 18.4. The van der Waals surface area contributed by atoms with Gasteiger partial charge in [0.2, 0.25) is 0 Å². The minimum Gasteiger partial charge on any atom is -0.345 e. The summed E-state index contributed by atoms with van der Waals surface area (Å²) in [7, 11) is 0. The van der Waals surface area contributed by atoms with Crippen LogP contribution < -0.4 is 0 Å². The molecule has 2 aromatic heterocycles. The number of amides is 1. The number of hydrogen-bond donors (Lipinski definition) is 2. The van der Waals surface area contributed by atoms with Gasteiger partial charge in [-0.1, -0.05) is 0 Å². The van der Waals surface area contributed by atoms with Gasteiger partial charge in [-0.3, -0.25) is 4.79 Å². The molecule has 4 rings (SSSR count). The van der Waals surface area contributed by atoms with E-state index in [0.717, 1.165) is 17.2 Å². The summed E-state index contributed by atoms with van der Waals surface area (Å²) in [5, 5.41) is 0. The Labute approximate surface area is 146 Å². The zero-order chi connectivity index (χ0) is 18.3. The molecule has 3 aromatic rings. The van der Waals surface area contributed by atoms with Gasteiger partial charge in [0, 0.05) is 24.6 Å². The van der Waals surface area contributed by atoms with Gasteiger partial charge in [0.15, 0.2) is 0 Å². The molecule has 0 spiro atoms. The second-order valence-corrected chi connectivity index (χ2v) is 6.40. The monoisotopic (exact) mass is 363 g/mol. The quantitative estimate of drug-likeness (QED) is 0.733. The number of halogens is 3. The number of benzene rings is 1. The molecule has 3 heterocycles. The third kappa shape index (κ3) is 3.04. The molecule has 1 fully saturated rings. The third-order valence-corrected chi connectivity index (χ3v) is 4.66. The third-order valence-electron chi connectivity index (χ3n) is 4.66. The van der Waals surface area contributed by atoms with E-state index >= 15 is 0 Å². The van der Waals surface area contributed by atoms with Crippen LogP contribution in [0.15, 0.2) is 30.7 Å². The number of rotatable bonds is 2. The summed E-state index contributed by atoms with van der Waals surface area (Å²) in [6, 6.07) is 5.22. The molecule has 6 nitrogen and oxygen atoms in total. The SMILES string of the molecule is O=C(c1ccc2nc[nH]c2c1)N1CCCC(c2ncc(C(F)(F)F)[nH]2)C1. The van der Waals surface area contributed by atoms with Crippen molar-refractivity contribution in [1.29, 1.82) is 0 Å². The Morgan fingerprint density at radius 2 is 2.12 bits per heavy atom. The van der Waals surface area contributed by atoms with Crippen LogP contribution in [0.25, 0.3) is 11.0 Å². The number of carbonyl (C=O) groups excluding carboxylic acids is 1. The van der Waals surface area contributed by atoms with E-state index in [2.05, 4.69) is 19.9 Å². The van der Waals surface area contributed by atoms with Crippen LogP contribution in [-0.2, 0) is 6.18 Å². The van der Waals surface area contributed by atoms with E-state index in [0.29, 0.717) is 31.5 Å². The smallest absolute Gasteiger partial charge is 0.345 e. The van der Waals surface area contributed by atoms with Gasteiger partial charge in [0.25, 0.3) is 5.91 Å². The lowest BCUT2D eigenvalue weighted by Gasteiger charge is -2.32. The van der Waals surface area contributed by atoms with Crippen molar-refractivity contribution in [2.24, 2.45) is 0 Å². The number of H-pyrrole nitrogens is 2. The number of aromatic nitrogens is 4. The van der Waals surface area contributed by atoms with Crippen LogP contribution >= 0.6 is 0 Å². The molecule has 9 heteroatoms. The number of piperidine rings is 1. The van der Waals surface area contributed by atoms with E-state index in [4.69, 9.17) is 0 Å². The van der Waals surface area contributed by atoms with Gasteiger partial charge in [-0.2, -0.15) is 13.2 Å². The number of fused-ring (bicyclic) bond motifs is 1. The van der Waals surface area contributed by atoms with Crippen LogP contribution in [-0.4, -0.2) is 43.8 Å². The highest BCUT2D eigenvalue weighted by Crippen LogP contribution is 2.31. The van der Waals surface area contributed by atoms with Crippen molar-refractivity contribution in [3.05, 3.63) is 47.8 Å². The summed E-state index contributed by atoms with van der Waals surface area (Å²) in [5.41, 5.74) is 1.21. The summed E-state index contributed by atoms with van der Waals surface area (Å²) < 4.78 is 38.3. The molecule has 0 radical (unpaired) electrons. The Morgan fingerprint density at radius 3 is 2.88 bits per heavy atom. The number of hydrogen-bond acceptors (Lipinski definition) is 3. The van der Waals surface area contributed by atoms with Crippen LogP contribution in [0.5, 0.6) is 0 Å². The van der Waals surface area contributed by atoms with Crippen molar-refractivity contribution in [1.82, 2.24) is 24.8 Å². The number of imidazole rings is 2. The number of aromatic amines is 2. The van der Waals surface area contributed by atoms with Gasteiger partial charge in [-0.25, -0.2) is 9.97 Å². The Hall–Kier alpha value is -2.84. The molecule has 0 saturated carbocycles. The molecule has 1 saturated heterocycles. The Bertz CT molecular complexity index is 945. The molecule has 0 bridgehead atoms. The molecule has 1 atom stereocenters. The highest BCUT2D eigenvalue weighted by Gasteiger charge is 2.35. The van der Waals surface area contributed by atoms with Gasteiger partial charge in [-0.15, -0.1) is 0 Å². The first kappa shape index (κ1) is 16.6. The number of nitrogens with one attached hydrogen (secondary N) is 2. The minimum atomic E-state index is -4.45. The first-order valence-corrected chi connectivity index (χ1v) is 8.26. The molecule has 26 heavy (non-hydrogen) atoms. The van der Waals surface area contributed by atoms with Crippen molar-refractivity contribution in [3.63, 3.8) is 0 Å². The molecule has 1 aromatic carbocycles. The number of alkyl halides is 3. The van der Waals surface area contributed by atoms with E-state index in [-0.39, 0.29) is 17.6 Å². The van der Waals surface area contributed by atoms with E-state index in [1.165, 1.54) is 0 Å². The molecule has 1 aliphatic heterocycles. The highest BCUT2D eigenvalue weighted by molar-refractivity contribution is 5.97. The topological polar surface area (TPSA) is 77.7 Å². The standard InChI is InChI=1S/C17H16F3N5O/c18-17(19,20)14-7-21-15(24-14)11-2-1-5-25(8-11)16(26)10-3-4-12-13(6-10)23-9-22-12/h3-4,6-7,9,11H,1-2,5,8H2,(H,21,24)(H,22,23). The van der Waals surface area contributed by atoms with Crippen molar-refractivity contribution < 1.29 is 18.0 Å². The van der Waals surface area contributed by atoms with Crippen molar-refractivity contribution in [3.8, 4) is 0 Å². The van der Waals surface area contributed by atoms with Gasteiger partial charge < -0.3 is 14.9 Å². The second kappa shape index (κ2) is 6.15. The number of nitrogens with zero attached hydrogens (tertiary/aromatic N) is 3. The average molecular weight is 363 g/mol. The van der Waals surface area contributed by atoms with E-state index < -0.39 is 11.9 Å². The summed E-state index contributed by atoms with van der Waals surface area (Å²) >= 11 is 0. The molecule has 0 aliphatic carbocycles. The first-order valence-electron chi connectivity index (χ1n) is 8.26. The molecule has 2 N–H and O–H groups in total. The number of carbonyl (C=O) groups is 1. The Balaban J connectivity index is 1.52. The number of likely N-dealkylation sites (tertiary alicyclic amines) is 1. The fourth-order valence-electron chi connectivity index (χ4n) is 3.32. The molecule has 1 aliphatic rings. The van der Waals surface area contributed by atoms with E-state index in [1.807, 2.05) is 0 Å². The molecular formula is C17H16F3N5O. The van der Waals surface area contributed by atoms with Gasteiger partial charge >= 0.3 is 6.18 Å². The van der Waals surface area contributed by atoms with Crippen LogP contribution in [0.4, 0.5) is 13.2 Å². The summed E-state index contributed by atoms with van der Waals surface area (Å²) in [6.45, 7) is 0.911. The highest BCUT2D eigenvalue weighted by atomic mass is 19.4. The summed E-state index contributed by atoms with van der Waals surface area (Å²) in [4.78, 5) is 27.8. The van der Waals surface area contributed by atoms with Crippen molar-refractivity contribution >= 4 is 16.9 Å². The Morgan fingerprint density at radius 1 is 1.27 bits per heavy atom. The van der Waals surface area contributed by atoms with E-state index in [9.17, 15) is 18.0 Å². The lowest BCUT2D eigenvalue weighted by atomic mass is 9.96. The first-order chi connectivity index (χ1) is 12.4. The largest absolute Gasteiger partial charge is 0.432 e. The fraction of sp³-hybridized carbons (Fsp3) is 0.353.